The van der Waals surface area contributed by atoms with Crippen molar-refractivity contribution >= 4 is 18.0 Å². The van der Waals surface area contributed by atoms with Crippen LogP contribution in [-0.2, 0) is 11.3 Å². The fourth-order valence-electron chi connectivity index (χ4n) is 2.30. The van der Waals surface area contributed by atoms with Crippen molar-refractivity contribution in [3.8, 4) is 5.75 Å². The van der Waals surface area contributed by atoms with Crippen molar-refractivity contribution in [2.24, 2.45) is 5.73 Å². The van der Waals surface area contributed by atoms with E-state index in [2.05, 4.69) is 5.32 Å². The van der Waals surface area contributed by atoms with Crippen molar-refractivity contribution in [2.45, 2.75) is 12.6 Å². The number of imide groups is 1. The molecule has 1 aliphatic heterocycles. The molecule has 2 rings (SSSR count). The summed E-state index contributed by atoms with van der Waals surface area (Å²) >= 11 is 0. The van der Waals surface area contributed by atoms with E-state index in [1.807, 2.05) is 0 Å². The molecule has 2 atom stereocenters. The van der Waals surface area contributed by atoms with Gasteiger partial charge in [-0.05, 0) is 24.3 Å². The minimum absolute atomic E-state index is 0.00502. The molecule has 0 aliphatic carbocycles. The highest BCUT2D eigenvalue weighted by atomic mass is 16.5. The summed E-state index contributed by atoms with van der Waals surface area (Å²) in [6.45, 7) is -0.218. The minimum Gasteiger partial charge on any atom is -0.497 e. The van der Waals surface area contributed by atoms with E-state index < -0.39 is 28.6 Å². The Bertz CT molecular complexity index is 586. The summed E-state index contributed by atoms with van der Waals surface area (Å²) in [6.07, 6.45) is 0. The van der Waals surface area contributed by atoms with Gasteiger partial charge >= 0.3 is 18.0 Å². The van der Waals surface area contributed by atoms with E-state index >= 15 is 0 Å². The smallest absolute Gasteiger partial charge is 0.426 e. The maximum atomic E-state index is 12.1. The maximum Gasteiger partial charge on any atom is 0.426 e. The Hall–Kier alpha value is -2.61. The largest absolute Gasteiger partial charge is 0.497 e. The Kier molecular flexibility index (Phi) is 3.81. The summed E-state index contributed by atoms with van der Waals surface area (Å²) in [7, 11) is 1.53. The topological polar surface area (TPSA) is 119 Å². The highest BCUT2D eigenvalue weighted by Crippen LogP contribution is 2.23. The summed E-state index contributed by atoms with van der Waals surface area (Å²) in [4.78, 5) is 34.8. The van der Waals surface area contributed by atoms with Gasteiger partial charge in [-0.2, -0.15) is 4.48 Å². The number of carbonyl (C=O) groups excluding carboxylic acids is 2. The van der Waals surface area contributed by atoms with Crippen molar-refractivity contribution in [2.75, 3.05) is 13.7 Å². The first-order valence-corrected chi connectivity index (χ1v) is 6.23. The molecule has 0 saturated carbocycles. The zero-order valence-corrected chi connectivity index (χ0v) is 11.4. The first kappa shape index (κ1) is 14.8. The van der Waals surface area contributed by atoms with Crippen LogP contribution in [0.3, 0.4) is 0 Å². The van der Waals surface area contributed by atoms with Crippen LogP contribution in [0, 0.1) is 0 Å². The summed E-state index contributed by atoms with van der Waals surface area (Å²) in [5, 5.41) is 11.3. The van der Waals surface area contributed by atoms with Gasteiger partial charge in [-0.1, -0.05) is 0 Å². The number of benzene rings is 1. The van der Waals surface area contributed by atoms with E-state index in [4.69, 9.17) is 15.6 Å². The molecule has 1 aliphatic rings. The van der Waals surface area contributed by atoms with Gasteiger partial charge in [0, 0.05) is 5.56 Å². The zero-order chi connectivity index (χ0) is 15.6. The maximum absolute atomic E-state index is 12.1. The molecule has 112 valence electrons. The lowest BCUT2D eigenvalue weighted by Gasteiger charge is -2.24. The molecule has 0 spiro atoms. The van der Waals surface area contributed by atoms with E-state index in [9.17, 15) is 14.4 Å². The lowest BCUT2D eigenvalue weighted by molar-refractivity contribution is -0.771. The number of primary amides is 1. The number of carboxylic acid groups (broad SMARTS) is 1. The third-order valence-corrected chi connectivity index (χ3v) is 3.51. The number of nitrogens with two attached hydrogens (primary N) is 1. The molecule has 8 heteroatoms. The Morgan fingerprint density at radius 1 is 1.43 bits per heavy atom. The second-order valence-electron chi connectivity index (χ2n) is 4.84. The molecule has 0 bridgehead atoms. The number of hydrogen-bond donors (Lipinski definition) is 3. The molecule has 1 heterocycles. The Balaban J connectivity index is 2.28. The number of amides is 4. The number of ether oxygens (including phenoxy) is 1. The average Bonchev–Trinajstić information content (AvgIpc) is 2.78. The second-order valence-corrected chi connectivity index (χ2v) is 4.84. The van der Waals surface area contributed by atoms with Gasteiger partial charge in [-0.25, -0.2) is 14.4 Å². The van der Waals surface area contributed by atoms with E-state index in [0.29, 0.717) is 11.3 Å². The van der Waals surface area contributed by atoms with Gasteiger partial charge in [0.25, 0.3) is 0 Å². The molecule has 1 unspecified atom stereocenters. The number of nitrogens with one attached hydrogen (secondary N) is 1. The Labute approximate surface area is 120 Å². The fourth-order valence-corrected chi connectivity index (χ4v) is 2.30. The first-order valence-electron chi connectivity index (χ1n) is 6.23. The summed E-state index contributed by atoms with van der Waals surface area (Å²) in [5.74, 6) is -0.557. The highest BCUT2D eigenvalue weighted by molar-refractivity contribution is 5.88. The van der Waals surface area contributed by atoms with E-state index in [1.165, 1.54) is 7.11 Å². The predicted molar refractivity (Wildman–Crippen MR) is 71.4 cm³/mol. The molecule has 1 aromatic rings. The van der Waals surface area contributed by atoms with Gasteiger partial charge in [-0.15, -0.1) is 0 Å². The fraction of sp³-hybridized carbons (Fsp3) is 0.308. The molecular formula is C13H16N3O5+. The standard InChI is InChI=1S/C13H15N3O5/c1-21-9-4-2-8(3-5-9)6-16(12(14)19)7-10(11(17)18)15-13(16)20/h2-5,10H,6-7H2,1H3,(H3-,14,15,17,18,19,20)/p+1/t10-,16?/m1/s1. The Morgan fingerprint density at radius 2 is 2.05 bits per heavy atom. The van der Waals surface area contributed by atoms with Crippen LogP contribution in [0.5, 0.6) is 5.75 Å². The number of methoxy groups -OCH3 is 1. The molecule has 21 heavy (non-hydrogen) atoms. The van der Waals surface area contributed by atoms with Crippen LogP contribution in [0.15, 0.2) is 24.3 Å². The van der Waals surface area contributed by atoms with Crippen molar-refractivity contribution in [1.82, 2.24) is 5.32 Å². The number of rotatable bonds is 4. The van der Waals surface area contributed by atoms with Crippen molar-refractivity contribution in [3.63, 3.8) is 0 Å². The number of hydrogen-bond acceptors (Lipinski definition) is 4. The van der Waals surface area contributed by atoms with E-state index in [-0.39, 0.29) is 13.1 Å². The third-order valence-electron chi connectivity index (χ3n) is 3.51. The first-order chi connectivity index (χ1) is 9.89. The monoisotopic (exact) mass is 294 g/mol. The molecule has 0 aromatic heterocycles. The van der Waals surface area contributed by atoms with Crippen LogP contribution in [0.4, 0.5) is 9.59 Å². The van der Waals surface area contributed by atoms with Gasteiger partial charge in [-0.3, -0.25) is 5.32 Å². The molecule has 4 amide bonds. The lowest BCUT2D eigenvalue weighted by Crippen LogP contribution is -2.57. The average molecular weight is 294 g/mol. The molecule has 1 saturated heterocycles. The third kappa shape index (κ3) is 2.65. The molecule has 8 nitrogen and oxygen atoms in total. The van der Waals surface area contributed by atoms with Crippen LogP contribution < -0.4 is 15.8 Å². The van der Waals surface area contributed by atoms with Crippen LogP contribution >= 0.6 is 0 Å². The minimum atomic E-state index is -1.20. The van der Waals surface area contributed by atoms with Crippen LogP contribution in [0.1, 0.15) is 5.56 Å². The van der Waals surface area contributed by atoms with Crippen LogP contribution in [0.2, 0.25) is 0 Å². The van der Waals surface area contributed by atoms with E-state index in [1.54, 1.807) is 24.3 Å². The summed E-state index contributed by atoms with van der Waals surface area (Å²) in [5.41, 5.74) is 6.02. The van der Waals surface area contributed by atoms with Gasteiger partial charge < -0.3 is 15.6 Å². The number of aliphatic carboxylic acids is 1. The van der Waals surface area contributed by atoms with Crippen molar-refractivity contribution in [1.29, 1.82) is 0 Å². The molecular weight excluding hydrogens is 278 g/mol. The number of nitrogens with zero attached hydrogens (tertiary/aromatic N) is 1. The van der Waals surface area contributed by atoms with Crippen LogP contribution in [0.25, 0.3) is 0 Å². The lowest BCUT2D eigenvalue weighted by atomic mass is 10.1. The highest BCUT2D eigenvalue weighted by Gasteiger charge is 2.54. The van der Waals surface area contributed by atoms with Crippen molar-refractivity contribution < 1.29 is 28.7 Å². The quantitative estimate of drug-likeness (QED) is 0.689. The van der Waals surface area contributed by atoms with Gasteiger partial charge in [0.15, 0.2) is 6.04 Å². The number of carbonyl (C=O) groups is 3. The molecule has 4 N–H and O–H groups in total. The summed E-state index contributed by atoms with van der Waals surface area (Å²) < 4.78 is 4.27. The Morgan fingerprint density at radius 3 is 2.48 bits per heavy atom. The SMILES string of the molecule is COc1ccc(C[N+]2(C(N)=O)C[C@H](C(=O)O)NC2=O)cc1. The zero-order valence-electron chi connectivity index (χ0n) is 11.4. The number of urea groups is 2. The molecule has 1 fully saturated rings. The van der Waals surface area contributed by atoms with Gasteiger partial charge in [0.1, 0.15) is 18.8 Å². The van der Waals surface area contributed by atoms with E-state index in [0.717, 1.165) is 0 Å². The molecule has 1 aromatic carbocycles. The van der Waals surface area contributed by atoms with Gasteiger partial charge in [0.05, 0.1) is 7.11 Å². The van der Waals surface area contributed by atoms with Crippen LogP contribution in [-0.4, -0.2) is 47.3 Å². The predicted octanol–water partition coefficient (Wildman–Crippen LogP) is 0.267. The normalized spacial score (nSPS) is 24.4. The van der Waals surface area contributed by atoms with Gasteiger partial charge in [0.2, 0.25) is 0 Å². The number of carboxylic acids is 1. The molecule has 0 radical (unpaired) electrons. The second kappa shape index (κ2) is 5.41. The number of quaternary nitrogens is 1. The van der Waals surface area contributed by atoms with Crippen molar-refractivity contribution in [3.05, 3.63) is 29.8 Å². The summed E-state index contributed by atoms with van der Waals surface area (Å²) in [6, 6.07) is 4.07.